The van der Waals surface area contributed by atoms with Crippen LogP contribution in [-0.2, 0) is 6.54 Å². The summed E-state index contributed by atoms with van der Waals surface area (Å²) in [7, 11) is 0. The van der Waals surface area contributed by atoms with Crippen LogP contribution in [0.3, 0.4) is 0 Å². The highest BCUT2D eigenvalue weighted by molar-refractivity contribution is 5.92. The van der Waals surface area contributed by atoms with Gasteiger partial charge in [0.05, 0.1) is 24.6 Å². The zero-order valence-electron chi connectivity index (χ0n) is 11.2. The molecule has 1 amide bonds. The number of nitrogens with two attached hydrogens (primary N) is 1. The van der Waals surface area contributed by atoms with Crippen LogP contribution in [0.1, 0.15) is 23.1 Å². The van der Waals surface area contributed by atoms with Crippen LogP contribution < -0.4 is 11.3 Å². The first kappa shape index (κ1) is 13.9. The molecule has 0 saturated carbocycles. The van der Waals surface area contributed by atoms with Crippen molar-refractivity contribution in [2.75, 3.05) is 12.0 Å². The smallest absolute Gasteiger partial charge is 0.274 e. The molecule has 0 unspecified atom stereocenters. The molecule has 0 aliphatic heterocycles. The number of amides is 1. The molecule has 2 rings (SSSR count). The molecule has 104 valence electrons. The predicted octanol–water partition coefficient (Wildman–Crippen LogP) is 0.819. The Morgan fingerprint density at radius 3 is 2.70 bits per heavy atom. The summed E-state index contributed by atoms with van der Waals surface area (Å²) in [4.78, 5) is 26.2. The van der Waals surface area contributed by atoms with Crippen molar-refractivity contribution in [1.29, 1.82) is 0 Å². The highest BCUT2D eigenvalue weighted by Gasteiger charge is 2.16. The van der Waals surface area contributed by atoms with E-state index >= 15 is 0 Å². The molecule has 0 aliphatic carbocycles. The molecule has 0 atom stereocenters. The van der Waals surface area contributed by atoms with Crippen LogP contribution in [0.4, 0.5) is 5.82 Å². The normalized spacial score (nSPS) is 10.1. The summed E-state index contributed by atoms with van der Waals surface area (Å²) >= 11 is 0. The highest BCUT2D eigenvalue weighted by atomic mass is 16.2. The van der Waals surface area contributed by atoms with Crippen LogP contribution in [0.5, 0.6) is 0 Å². The van der Waals surface area contributed by atoms with Crippen molar-refractivity contribution < 1.29 is 4.79 Å². The number of nitrogen functional groups attached to an aromatic ring is 1. The Bertz CT molecular complexity index is 557. The average molecular weight is 272 g/mol. The van der Waals surface area contributed by atoms with E-state index < -0.39 is 0 Å². The van der Waals surface area contributed by atoms with Crippen molar-refractivity contribution >= 4 is 11.7 Å². The largest absolute Gasteiger partial charge is 0.332 e. The van der Waals surface area contributed by atoms with Crippen molar-refractivity contribution in [1.82, 2.24) is 19.9 Å². The Morgan fingerprint density at radius 1 is 1.30 bits per heavy atom. The lowest BCUT2D eigenvalue weighted by atomic mass is 10.3. The highest BCUT2D eigenvalue weighted by Crippen LogP contribution is 2.07. The van der Waals surface area contributed by atoms with Crippen molar-refractivity contribution in [3.05, 3.63) is 48.2 Å². The van der Waals surface area contributed by atoms with Gasteiger partial charge in [0.1, 0.15) is 5.69 Å². The maximum Gasteiger partial charge on any atom is 0.274 e. The summed E-state index contributed by atoms with van der Waals surface area (Å²) in [6.45, 7) is 2.91. The number of pyridine rings is 1. The Hall–Kier alpha value is -2.54. The third-order valence-corrected chi connectivity index (χ3v) is 2.77. The minimum absolute atomic E-state index is 0.186. The fourth-order valence-electron chi connectivity index (χ4n) is 1.69. The summed E-state index contributed by atoms with van der Waals surface area (Å²) in [5.41, 5.74) is 3.48. The molecule has 2 aromatic rings. The van der Waals surface area contributed by atoms with Gasteiger partial charge in [-0.1, -0.05) is 6.07 Å². The molecule has 0 spiro atoms. The predicted molar refractivity (Wildman–Crippen MR) is 74.5 cm³/mol. The van der Waals surface area contributed by atoms with Crippen LogP contribution in [0, 0.1) is 0 Å². The first-order chi connectivity index (χ1) is 9.74. The van der Waals surface area contributed by atoms with E-state index in [-0.39, 0.29) is 11.6 Å². The Balaban J connectivity index is 2.12. The van der Waals surface area contributed by atoms with E-state index in [0.717, 1.165) is 5.69 Å². The van der Waals surface area contributed by atoms with Crippen LogP contribution >= 0.6 is 0 Å². The van der Waals surface area contributed by atoms with E-state index in [4.69, 9.17) is 5.84 Å². The van der Waals surface area contributed by atoms with Crippen molar-refractivity contribution in [3.63, 3.8) is 0 Å². The van der Waals surface area contributed by atoms with Gasteiger partial charge in [0.15, 0.2) is 5.82 Å². The van der Waals surface area contributed by atoms with Gasteiger partial charge in [0.25, 0.3) is 5.91 Å². The second-order valence-corrected chi connectivity index (χ2v) is 4.07. The fraction of sp³-hybridized carbons (Fsp3) is 0.231. The van der Waals surface area contributed by atoms with Gasteiger partial charge in [0.2, 0.25) is 0 Å². The number of hydrogen-bond acceptors (Lipinski definition) is 6. The van der Waals surface area contributed by atoms with Gasteiger partial charge in [-0.15, -0.1) is 0 Å². The second-order valence-electron chi connectivity index (χ2n) is 4.07. The molecule has 3 N–H and O–H groups in total. The first-order valence-corrected chi connectivity index (χ1v) is 6.22. The molecule has 2 heterocycles. The fourth-order valence-corrected chi connectivity index (χ4v) is 1.69. The summed E-state index contributed by atoms with van der Waals surface area (Å²) in [6.07, 6.45) is 4.52. The SMILES string of the molecule is CCN(Cc1ccccn1)C(=O)c1cnc(NN)cn1. The standard InChI is InChI=1S/C13H16N6O/c1-2-19(9-10-5-3-4-6-15-10)13(20)11-7-17-12(18-14)8-16-11/h3-8H,2,9,14H2,1H3,(H,17,18). The lowest BCUT2D eigenvalue weighted by molar-refractivity contribution is 0.0744. The quantitative estimate of drug-likeness (QED) is 0.618. The second kappa shape index (κ2) is 6.58. The first-order valence-electron chi connectivity index (χ1n) is 6.22. The zero-order chi connectivity index (χ0) is 14.4. The Morgan fingerprint density at radius 2 is 2.15 bits per heavy atom. The molecule has 0 aliphatic rings. The zero-order valence-corrected chi connectivity index (χ0v) is 11.2. The molecule has 7 heteroatoms. The van der Waals surface area contributed by atoms with Crippen LogP contribution in [0.15, 0.2) is 36.8 Å². The van der Waals surface area contributed by atoms with E-state index in [0.29, 0.717) is 18.9 Å². The van der Waals surface area contributed by atoms with Gasteiger partial charge in [-0.05, 0) is 19.1 Å². The number of anilines is 1. The van der Waals surface area contributed by atoms with Gasteiger partial charge >= 0.3 is 0 Å². The van der Waals surface area contributed by atoms with Crippen LogP contribution in [-0.4, -0.2) is 32.3 Å². The number of nitrogens with one attached hydrogen (secondary N) is 1. The minimum Gasteiger partial charge on any atom is -0.332 e. The number of carbonyl (C=O) groups excluding carboxylic acids is 1. The van der Waals surface area contributed by atoms with E-state index in [2.05, 4.69) is 20.4 Å². The van der Waals surface area contributed by atoms with Crippen LogP contribution in [0.25, 0.3) is 0 Å². The van der Waals surface area contributed by atoms with Crippen molar-refractivity contribution in [2.24, 2.45) is 5.84 Å². The van der Waals surface area contributed by atoms with Crippen molar-refractivity contribution in [3.8, 4) is 0 Å². The van der Waals surface area contributed by atoms with Gasteiger partial charge < -0.3 is 10.3 Å². The third-order valence-electron chi connectivity index (χ3n) is 2.77. The Labute approximate surface area is 116 Å². The van der Waals surface area contributed by atoms with E-state index in [1.807, 2.05) is 25.1 Å². The molecule has 0 bridgehead atoms. The van der Waals surface area contributed by atoms with E-state index in [1.54, 1.807) is 11.1 Å². The maximum atomic E-state index is 12.3. The molecule has 2 aromatic heterocycles. The van der Waals surface area contributed by atoms with E-state index in [9.17, 15) is 4.79 Å². The molecule has 7 nitrogen and oxygen atoms in total. The van der Waals surface area contributed by atoms with Gasteiger partial charge in [-0.3, -0.25) is 9.78 Å². The van der Waals surface area contributed by atoms with Crippen LogP contribution in [0.2, 0.25) is 0 Å². The number of carbonyl (C=O) groups is 1. The molecule has 0 fully saturated rings. The monoisotopic (exact) mass is 272 g/mol. The summed E-state index contributed by atoms with van der Waals surface area (Å²) in [6, 6.07) is 5.61. The number of hydrazine groups is 1. The summed E-state index contributed by atoms with van der Waals surface area (Å²) < 4.78 is 0. The summed E-state index contributed by atoms with van der Waals surface area (Å²) in [5.74, 6) is 5.43. The average Bonchev–Trinajstić information content (AvgIpc) is 2.53. The van der Waals surface area contributed by atoms with Crippen molar-refractivity contribution in [2.45, 2.75) is 13.5 Å². The van der Waals surface area contributed by atoms with Gasteiger partial charge in [-0.25, -0.2) is 15.8 Å². The van der Waals surface area contributed by atoms with E-state index in [1.165, 1.54) is 12.4 Å². The molecule has 20 heavy (non-hydrogen) atoms. The summed E-state index contributed by atoms with van der Waals surface area (Å²) in [5, 5.41) is 0. The molecular formula is C13H16N6O. The number of aromatic nitrogens is 3. The lowest BCUT2D eigenvalue weighted by Gasteiger charge is -2.19. The molecule has 0 saturated heterocycles. The Kier molecular flexibility index (Phi) is 4.56. The third kappa shape index (κ3) is 3.27. The lowest BCUT2D eigenvalue weighted by Crippen LogP contribution is -2.31. The molecule has 0 aromatic carbocycles. The molecule has 0 radical (unpaired) electrons. The number of nitrogens with zero attached hydrogens (tertiary/aromatic N) is 4. The minimum atomic E-state index is -0.186. The van der Waals surface area contributed by atoms with Gasteiger partial charge in [-0.2, -0.15) is 0 Å². The number of hydrogen-bond donors (Lipinski definition) is 2. The topological polar surface area (TPSA) is 97.0 Å². The number of rotatable bonds is 5. The maximum absolute atomic E-state index is 12.3. The van der Waals surface area contributed by atoms with Gasteiger partial charge in [0, 0.05) is 12.7 Å². The molecular weight excluding hydrogens is 256 g/mol.